The number of aldehydes is 1. The fraction of sp³-hybridized carbons (Fsp3) is 0.600. The number of phenolic OH excluding ortho intramolecular Hbond substituents is 1. The number of nitrogens with two attached hydrogens (primary N) is 1. The highest BCUT2D eigenvalue weighted by Crippen LogP contribution is 2.21. The third-order valence-electron chi connectivity index (χ3n) is 3.32. The largest absolute Gasteiger partial charge is 0.508 e. The number of carbonyl (C=O) groups is 2. The summed E-state index contributed by atoms with van der Waals surface area (Å²) in [5, 5.41) is 11.9. The molecule has 4 N–H and O–H groups in total. The van der Waals surface area contributed by atoms with Gasteiger partial charge in [0.05, 0.1) is 6.04 Å². The number of rotatable bonds is 7. The first-order valence-electron chi connectivity index (χ1n) is 8.82. The maximum Gasteiger partial charge on any atom is 0.234 e. The molecule has 0 saturated heterocycles. The van der Waals surface area contributed by atoms with E-state index in [0.717, 1.165) is 18.3 Å². The van der Waals surface area contributed by atoms with Gasteiger partial charge in [-0.3, -0.25) is 4.79 Å². The lowest BCUT2D eigenvalue weighted by molar-refractivity contribution is -0.119. The van der Waals surface area contributed by atoms with Gasteiger partial charge in [-0.25, -0.2) is 0 Å². The summed E-state index contributed by atoms with van der Waals surface area (Å²) in [6, 6.07) is 6.34. The number of aromatic hydroxyl groups is 1. The van der Waals surface area contributed by atoms with Gasteiger partial charge < -0.3 is 21.0 Å². The van der Waals surface area contributed by atoms with E-state index >= 15 is 0 Å². The summed E-state index contributed by atoms with van der Waals surface area (Å²) in [6.07, 6.45) is 2.55. The monoisotopic (exact) mass is 352 g/mol. The Labute approximate surface area is 153 Å². The van der Waals surface area contributed by atoms with Crippen LogP contribution < -0.4 is 11.1 Å². The number of carbonyl (C=O) groups excluding carboxylic acids is 2. The van der Waals surface area contributed by atoms with Gasteiger partial charge in [0.2, 0.25) is 5.91 Å². The van der Waals surface area contributed by atoms with E-state index in [0.29, 0.717) is 12.3 Å². The Morgan fingerprint density at radius 2 is 1.72 bits per heavy atom. The Morgan fingerprint density at radius 3 is 2.00 bits per heavy atom. The highest BCUT2D eigenvalue weighted by atomic mass is 16.3. The Balaban J connectivity index is 0. The normalized spacial score (nSPS) is 11.5. The van der Waals surface area contributed by atoms with Crippen LogP contribution in [0, 0.1) is 11.3 Å². The van der Waals surface area contributed by atoms with E-state index in [9.17, 15) is 9.59 Å². The summed E-state index contributed by atoms with van der Waals surface area (Å²) >= 11 is 0. The van der Waals surface area contributed by atoms with E-state index in [1.54, 1.807) is 31.3 Å². The second kappa shape index (κ2) is 13.4. The van der Waals surface area contributed by atoms with Crippen molar-refractivity contribution in [3.05, 3.63) is 29.8 Å². The van der Waals surface area contributed by atoms with Crippen molar-refractivity contribution in [3.8, 4) is 5.75 Å². The first-order chi connectivity index (χ1) is 11.6. The highest BCUT2D eigenvalue weighted by Gasteiger charge is 2.17. The van der Waals surface area contributed by atoms with Crippen molar-refractivity contribution in [1.29, 1.82) is 0 Å². The van der Waals surface area contributed by atoms with Gasteiger partial charge in [0.25, 0.3) is 0 Å². The molecule has 1 aromatic carbocycles. The fourth-order valence-corrected chi connectivity index (χ4v) is 2.31. The fourth-order valence-electron chi connectivity index (χ4n) is 2.31. The Morgan fingerprint density at radius 1 is 1.24 bits per heavy atom. The third-order valence-corrected chi connectivity index (χ3v) is 3.32. The number of benzene rings is 1. The topological polar surface area (TPSA) is 92.4 Å². The lowest BCUT2D eigenvalue weighted by Crippen LogP contribution is -2.40. The average molecular weight is 353 g/mol. The molecule has 0 saturated carbocycles. The first kappa shape index (κ1) is 25.4. The number of hydrogen-bond acceptors (Lipinski definition) is 4. The quantitative estimate of drug-likeness (QED) is 0.657. The molecular formula is C20H36N2O3. The second-order valence-electron chi connectivity index (χ2n) is 6.82. The number of nitrogens with one attached hydrogen (secondary N) is 1. The summed E-state index contributed by atoms with van der Waals surface area (Å²) in [7, 11) is 1.69. The SMILES string of the molecule is CC.CC(C)CC(C)(C)C=O.CNC(Cc1ccc(O)cc1)C(N)=O. The van der Waals surface area contributed by atoms with Gasteiger partial charge in [-0.1, -0.05) is 53.7 Å². The van der Waals surface area contributed by atoms with Crippen LogP contribution in [0.15, 0.2) is 24.3 Å². The van der Waals surface area contributed by atoms with Gasteiger partial charge in [-0.2, -0.15) is 0 Å². The smallest absolute Gasteiger partial charge is 0.234 e. The molecule has 1 atom stereocenters. The molecule has 0 bridgehead atoms. The Hall–Kier alpha value is -1.88. The minimum Gasteiger partial charge on any atom is -0.508 e. The molecule has 0 heterocycles. The van der Waals surface area contributed by atoms with Crippen molar-refractivity contribution in [2.24, 2.45) is 17.1 Å². The minimum absolute atomic E-state index is 0.117. The van der Waals surface area contributed by atoms with Crippen LogP contribution >= 0.6 is 0 Å². The molecule has 0 aliphatic carbocycles. The van der Waals surface area contributed by atoms with Gasteiger partial charge >= 0.3 is 0 Å². The molecule has 1 aromatic rings. The lowest BCUT2D eigenvalue weighted by atomic mass is 9.86. The summed E-state index contributed by atoms with van der Waals surface area (Å²) < 4.78 is 0. The van der Waals surface area contributed by atoms with Gasteiger partial charge in [-0.05, 0) is 43.5 Å². The molecule has 0 aliphatic heterocycles. The van der Waals surface area contributed by atoms with E-state index in [1.165, 1.54) is 0 Å². The van der Waals surface area contributed by atoms with E-state index in [-0.39, 0.29) is 23.1 Å². The van der Waals surface area contributed by atoms with Crippen LogP contribution in [0.25, 0.3) is 0 Å². The van der Waals surface area contributed by atoms with Crippen molar-refractivity contribution in [3.63, 3.8) is 0 Å². The molecule has 5 heteroatoms. The highest BCUT2D eigenvalue weighted by molar-refractivity contribution is 5.80. The minimum atomic E-state index is -0.374. The Bertz CT molecular complexity index is 482. The van der Waals surface area contributed by atoms with Crippen molar-refractivity contribution in [2.45, 2.75) is 60.4 Å². The molecule has 144 valence electrons. The maximum atomic E-state index is 10.9. The van der Waals surface area contributed by atoms with E-state index < -0.39 is 0 Å². The van der Waals surface area contributed by atoms with Crippen LogP contribution in [0.2, 0.25) is 0 Å². The number of primary amides is 1. The van der Waals surface area contributed by atoms with Crippen LogP contribution in [0.4, 0.5) is 0 Å². The molecule has 0 fully saturated rings. The summed E-state index contributed by atoms with van der Waals surface area (Å²) in [6.45, 7) is 12.2. The molecular weight excluding hydrogens is 316 g/mol. The predicted octanol–water partition coefficient (Wildman–Crippen LogP) is 3.29. The lowest BCUT2D eigenvalue weighted by Gasteiger charge is -2.18. The van der Waals surface area contributed by atoms with Gasteiger partial charge in [0.15, 0.2) is 0 Å². The van der Waals surface area contributed by atoms with Crippen molar-refractivity contribution >= 4 is 12.2 Å². The van der Waals surface area contributed by atoms with Crippen LogP contribution in [0.5, 0.6) is 5.75 Å². The van der Waals surface area contributed by atoms with Crippen molar-refractivity contribution in [1.82, 2.24) is 5.32 Å². The predicted molar refractivity (Wildman–Crippen MR) is 105 cm³/mol. The molecule has 5 nitrogen and oxygen atoms in total. The van der Waals surface area contributed by atoms with E-state index in [2.05, 4.69) is 19.2 Å². The van der Waals surface area contributed by atoms with E-state index in [4.69, 9.17) is 10.8 Å². The third kappa shape index (κ3) is 13.1. The standard InChI is InChI=1S/C10H14N2O2.C8H16O.C2H6/c1-12-9(10(11)14)6-7-2-4-8(13)5-3-7;1-7(2)5-8(3,4)6-9;1-2/h2-5,9,12-13H,6H2,1H3,(H2,11,14);6-7H,5H2,1-4H3;1-2H3. The molecule has 0 radical (unpaired) electrons. The molecule has 1 amide bonds. The summed E-state index contributed by atoms with van der Waals surface area (Å²) in [5.74, 6) is 0.458. The molecule has 25 heavy (non-hydrogen) atoms. The molecule has 1 unspecified atom stereocenters. The zero-order valence-corrected chi connectivity index (χ0v) is 16.8. The van der Waals surface area contributed by atoms with Gasteiger partial charge in [0.1, 0.15) is 12.0 Å². The van der Waals surface area contributed by atoms with Crippen LogP contribution in [-0.4, -0.2) is 30.4 Å². The number of phenols is 1. The maximum absolute atomic E-state index is 10.9. The van der Waals surface area contributed by atoms with Gasteiger partial charge in [-0.15, -0.1) is 0 Å². The summed E-state index contributed by atoms with van der Waals surface area (Å²) in [5.41, 5.74) is 6.02. The van der Waals surface area contributed by atoms with E-state index in [1.807, 2.05) is 27.7 Å². The van der Waals surface area contributed by atoms with Crippen LogP contribution in [0.1, 0.15) is 53.5 Å². The number of likely N-dealkylation sites (N-methyl/N-ethyl adjacent to an activating group) is 1. The molecule has 0 spiro atoms. The first-order valence-corrected chi connectivity index (χ1v) is 8.82. The molecule has 1 rings (SSSR count). The van der Waals surface area contributed by atoms with Crippen LogP contribution in [0.3, 0.4) is 0 Å². The second-order valence-corrected chi connectivity index (χ2v) is 6.82. The zero-order valence-electron chi connectivity index (χ0n) is 16.8. The average Bonchev–Trinajstić information content (AvgIpc) is 2.55. The number of amides is 1. The molecule has 0 aliphatic rings. The van der Waals surface area contributed by atoms with Crippen LogP contribution in [-0.2, 0) is 16.0 Å². The van der Waals surface area contributed by atoms with Crippen molar-refractivity contribution < 1.29 is 14.7 Å². The summed E-state index contributed by atoms with van der Waals surface area (Å²) in [4.78, 5) is 21.3. The zero-order chi connectivity index (χ0) is 20.0. The number of hydrogen-bond donors (Lipinski definition) is 3. The molecule has 0 aromatic heterocycles. The Kier molecular flexibility index (Phi) is 13.6. The van der Waals surface area contributed by atoms with Gasteiger partial charge in [0, 0.05) is 5.41 Å². The van der Waals surface area contributed by atoms with Crippen molar-refractivity contribution in [2.75, 3.05) is 7.05 Å².